The molecule has 0 saturated carbocycles. The Kier molecular flexibility index (Phi) is 7.58. The molecule has 3 heteroatoms. The first-order valence-corrected chi connectivity index (χ1v) is 8.03. The lowest BCUT2D eigenvalue weighted by molar-refractivity contribution is 0.350. The highest BCUT2D eigenvalue weighted by atomic mass is 16.5. The summed E-state index contributed by atoms with van der Waals surface area (Å²) in [4.78, 5) is 0. The lowest BCUT2D eigenvalue weighted by Crippen LogP contribution is -2.31. The molecule has 0 aliphatic heterocycles. The third-order valence-corrected chi connectivity index (χ3v) is 4.16. The van der Waals surface area contributed by atoms with Gasteiger partial charge in [0.15, 0.2) is 11.5 Å². The molecule has 3 atom stereocenters. The van der Waals surface area contributed by atoms with Gasteiger partial charge in [-0.3, -0.25) is 0 Å². The van der Waals surface area contributed by atoms with E-state index in [2.05, 4.69) is 45.1 Å². The number of rotatable bonds is 9. The minimum Gasteiger partial charge on any atom is -0.493 e. The summed E-state index contributed by atoms with van der Waals surface area (Å²) in [5.41, 5.74) is 1.26. The zero-order chi connectivity index (χ0) is 15.8. The summed E-state index contributed by atoms with van der Waals surface area (Å²) in [6.45, 7) is 9.05. The summed E-state index contributed by atoms with van der Waals surface area (Å²) in [5, 5.41) is 3.74. The SMILES string of the molecule is CCC(C)CC(C)NC(CC)c1ccc(OC)c(OC)c1. The molecule has 0 amide bonds. The molecule has 0 aliphatic rings. The van der Waals surface area contributed by atoms with Gasteiger partial charge < -0.3 is 14.8 Å². The fourth-order valence-electron chi connectivity index (χ4n) is 2.70. The summed E-state index contributed by atoms with van der Waals surface area (Å²) < 4.78 is 10.7. The predicted molar refractivity (Wildman–Crippen MR) is 89.2 cm³/mol. The minimum atomic E-state index is 0.351. The van der Waals surface area contributed by atoms with Crippen molar-refractivity contribution in [1.82, 2.24) is 5.32 Å². The highest BCUT2D eigenvalue weighted by molar-refractivity contribution is 5.43. The smallest absolute Gasteiger partial charge is 0.161 e. The van der Waals surface area contributed by atoms with Crippen molar-refractivity contribution in [3.8, 4) is 11.5 Å². The van der Waals surface area contributed by atoms with Crippen molar-refractivity contribution in [3.05, 3.63) is 23.8 Å². The molecule has 1 aromatic rings. The van der Waals surface area contributed by atoms with Crippen LogP contribution in [0.1, 0.15) is 58.6 Å². The summed E-state index contributed by atoms with van der Waals surface area (Å²) in [5.74, 6) is 2.34. The molecule has 0 aliphatic carbocycles. The molecule has 0 fully saturated rings. The van der Waals surface area contributed by atoms with Crippen LogP contribution in [0.2, 0.25) is 0 Å². The minimum absolute atomic E-state index is 0.351. The topological polar surface area (TPSA) is 30.5 Å². The average molecular weight is 293 g/mol. The number of ether oxygens (including phenoxy) is 2. The molecule has 1 N–H and O–H groups in total. The van der Waals surface area contributed by atoms with E-state index < -0.39 is 0 Å². The molecule has 3 unspecified atom stereocenters. The van der Waals surface area contributed by atoms with Gasteiger partial charge in [-0.1, -0.05) is 33.3 Å². The zero-order valence-corrected chi connectivity index (χ0v) is 14.4. The zero-order valence-electron chi connectivity index (χ0n) is 14.4. The Bertz CT molecular complexity index is 420. The van der Waals surface area contributed by atoms with Crippen molar-refractivity contribution in [2.24, 2.45) is 5.92 Å². The molecule has 1 rings (SSSR count). The Balaban J connectivity index is 2.80. The second kappa shape index (κ2) is 8.93. The van der Waals surface area contributed by atoms with E-state index in [0.717, 1.165) is 23.8 Å². The quantitative estimate of drug-likeness (QED) is 0.723. The first-order valence-electron chi connectivity index (χ1n) is 8.03. The molecule has 21 heavy (non-hydrogen) atoms. The molecular formula is C18H31NO2. The van der Waals surface area contributed by atoms with Crippen LogP contribution in [0.3, 0.4) is 0 Å². The van der Waals surface area contributed by atoms with Crippen molar-refractivity contribution in [2.75, 3.05) is 14.2 Å². The Morgan fingerprint density at radius 3 is 2.19 bits per heavy atom. The van der Waals surface area contributed by atoms with E-state index in [9.17, 15) is 0 Å². The van der Waals surface area contributed by atoms with E-state index in [1.54, 1.807) is 14.2 Å². The number of methoxy groups -OCH3 is 2. The van der Waals surface area contributed by atoms with Crippen LogP contribution < -0.4 is 14.8 Å². The summed E-state index contributed by atoms with van der Waals surface area (Å²) in [7, 11) is 3.35. The van der Waals surface area contributed by atoms with Crippen molar-refractivity contribution in [3.63, 3.8) is 0 Å². The summed E-state index contributed by atoms with van der Waals surface area (Å²) in [6, 6.07) is 7.05. The fourth-order valence-corrected chi connectivity index (χ4v) is 2.70. The second-order valence-corrected chi connectivity index (χ2v) is 5.89. The predicted octanol–water partition coefficient (Wildman–Crippen LogP) is 4.57. The van der Waals surface area contributed by atoms with Crippen LogP contribution in [0.4, 0.5) is 0 Å². The molecule has 0 aromatic heterocycles. The maximum absolute atomic E-state index is 5.41. The van der Waals surface area contributed by atoms with Gasteiger partial charge in [-0.15, -0.1) is 0 Å². The van der Waals surface area contributed by atoms with Crippen LogP contribution in [0, 0.1) is 5.92 Å². The van der Waals surface area contributed by atoms with Gasteiger partial charge in [0.05, 0.1) is 14.2 Å². The van der Waals surface area contributed by atoms with Gasteiger partial charge in [0.1, 0.15) is 0 Å². The first kappa shape index (κ1) is 17.8. The fraction of sp³-hybridized carbons (Fsp3) is 0.667. The highest BCUT2D eigenvalue weighted by Gasteiger charge is 2.16. The highest BCUT2D eigenvalue weighted by Crippen LogP contribution is 2.31. The molecule has 0 spiro atoms. The molecule has 3 nitrogen and oxygen atoms in total. The number of hydrogen-bond acceptors (Lipinski definition) is 3. The molecule has 1 aromatic carbocycles. The van der Waals surface area contributed by atoms with Gasteiger partial charge in [-0.25, -0.2) is 0 Å². The standard InChI is InChI=1S/C18H31NO2/c1-7-13(3)11-14(4)19-16(8-2)15-9-10-17(20-5)18(12-15)21-6/h9-10,12-14,16,19H,7-8,11H2,1-6H3. The number of nitrogens with one attached hydrogen (secondary N) is 1. The van der Waals surface area contributed by atoms with E-state index in [4.69, 9.17) is 9.47 Å². The molecule has 0 bridgehead atoms. The largest absolute Gasteiger partial charge is 0.493 e. The number of benzene rings is 1. The Hall–Kier alpha value is -1.22. The van der Waals surface area contributed by atoms with Crippen molar-refractivity contribution in [2.45, 2.75) is 59.0 Å². The van der Waals surface area contributed by atoms with E-state index in [-0.39, 0.29) is 0 Å². The second-order valence-electron chi connectivity index (χ2n) is 5.89. The molecule has 0 radical (unpaired) electrons. The van der Waals surface area contributed by atoms with Gasteiger partial charge in [0.25, 0.3) is 0 Å². The van der Waals surface area contributed by atoms with Crippen LogP contribution in [0.5, 0.6) is 11.5 Å². The van der Waals surface area contributed by atoms with Gasteiger partial charge in [0.2, 0.25) is 0 Å². The average Bonchev–Trinajstić information content (AvgIpc) is 2.51. The molecule has 120 valence electrons. The third-order valence-electron chi connectivity index (χ3n) is 4.16. The normalized spacial score (nSPS) is 15.3. The Morgan fingerprint density at radius 1 is 1.00 bits per heavy atom. The summed E-state index contributed by atoms with van der Waals surface area (Å²) >= 11 is 0. The molecular weight excluding hydrogens is 262 g/mol. The Labute approximate surface area is 130 Å². The van der Waals surface area contributed by atoms with Crippen LogP contribution in [-0.4, -0.2) is 20.3 Å². The first-order chi connectivity index (χ1) is 10.0. The molecule has 0 heterocycles. The lowest BCUT2D eigenvalue weighted by Gasteiger charge is -2.25. The number of hydrogen-bond donors (Lipinski definition) is 1. The van der Waals surface area contributed by atoms with Crippen LogP contribution in [-0.2, 0) is 0 Å². The van der Waals surface area contributed by atoms with Crippen LogP contribution in [0.15, 0.2) is 18.2 Å². The van der Waals surface area contributed by atoms with Crippen molar-refractivity contribution >= 4 is 0 Å². The maximum Gasteiger partial charge on any atom is 0.161 e. The van der Waals surface area contributed by atoms with E-state index >= 15 is 0 Å². The van der Waals surface area contributed by atoms with Gasteiger partial charge >= 0.3 is 0 Å². The summed E-state index contributed by atoms with van der Waals surface area (Å²) in [6.07, 6.45) is 3.50. The van der Waals surface area contributed by atoms with E-state index in [1.165, 1.54) is 18.4 Å². The maximum atomic E-state index is 5.41. The van der Waals surface area contributed by atoms with Gasteiger partial charge in [0, 0.05) is 12.1 Å². The van der Waals surface area contributed by atoms with Crippen molar-refractivity contribution in [1.29, 1.82) is 0 Å². The van der Waals surface area contributed by atoms with Gasteiger partial charge in [-0.05, 0) is 43.4 Å². The van der Waals surface area contributed by atoms with E-state index in [1.807, 2.05) is 6.07 Å². The van der Waals surface area contributed by atoms with Gasteiger partial charge in [-0.2, -0.15) is 0 Å². The van der Waals surface area contributed by atoms with Crippen LogP contribution in [0.25, 0.3) is 0 Å². The van der Waals surface area contributed by atoms with Crippen molar-refractivity contribution < 1.29 is 9.47 Å². The third kappa shape index (κ3) is 5.24. The monoisotopic (exact) mass is 293 g/mol. The Morgan fingerprint density at radius 2 is 1.67 bits per heavy atom. The van der Waals surface area contributed by atoms with Crippen LogP contribution >= 0.6 is 0 Å². The molecule has 0 saturated heterocycles. The lowest BCUT2D eigenvalue weighted by atomic mass is 9.97. The van der Waals surface area contributed by atoms with E-state index in [0.29, 0.717) is 12.1 Å².